The van der Waals surface area contributed by atoms with E-state index in [9.17, 15) is 13.2 Å². The van der Waals surface area contributed by atoms with Gasteiger partial charge in [-0.2, -0.15) is 0 Å². The second kappa shape index (κ2) is 8.90. The zero-order chi connectivity index (χ0) is 20.0. The van der Waals surface area contributed by atoms with E-state index in [4.69, 9.17) is 4.74 Å². The van der Waals surface area contributed by atoms with E-state index in [1.54, 1.807) is 12.1 Å². The van der Waals surface area contributed by atoms with Crippen molar-refractivity contribution in [3.05, 3.63) is 59.2 Å². The minimum Gasteiger partial charge on any atom is -0.491 e. The van der Waals surface area contributed by atoms with Gasteiger partial charge in [0.15, 0.2) is 0 Å². The Morgan fingerprint density at radius 3 is 2.37 bits per heavy atom. The standard InChI is InChI=1S/C20H26N2O4S/c1-15-9-10-18(13-17(15)3)22(27(4,24)25)14-20(23)21-11-12-26-19-8-6-5-7-16(19)2/h5-10,13H,11-12,14H2,1-4H3,(H,21,23). The third-order valence-corrected chi connectivity index (χ3v) is 5.38. The number of anilines is 1. The van der Waals surface area contributed by atoms with Gasteiger partial charge in [-0.25, -0.2) is 8.42 Å². The average Bonchev–Trinajstić information content (AvgIpc) is 2.59. The molecule has 1 amide bonds. The van der Waals surface area contributed by atoms with Gasteiger partial charge in [0.2, 0.25) is 15.9 Å². The summed E-state index contributed by atoms with van der Waals surface area (Å²) in [5.41, 5.74) is 3.52. The highest BCUT2D eigenvalue weighted by Gasteiger charge is 2.21. The smallest absolute Gasteiger partial charge is 0.240 e. The highest BCUT2D eigenvalue weighted by molar-refractivity contribution is 7.92. The van der Waals surface area contributed by atoms with E-state index in [0.717, 1.165) is 33.0 Å². The van der Waals surface area contributed by atoms with Crippen molar-refractivity contribution in [2.45, 2.75) is 20.8 Å². The van der Waals surface area contributed by atoms with Gasteiger partial charge in [0, 0.05) is 0 Å². The van der Waals surface area contributed by atoms with E-state index in [0.29, 0.717) is 12.3 Å². The summed E-state index contributed by atoms with van der Waals surface area (Å²) in [5, 5.41) is 2.70. The lowest BCUT2D eigenvalue weighted by Gasteiger charge is -2.22. The Balaban J connectivity index is 1.94. The van der Waals surface area contributed by atoms with Crippen LogP contribution in [0.4, 0.5) is 5.69 Å². The molecular weight excluding hydrogens is 364 g/mol. The van der Waals surface area contributed by atoms with E-state index in [1.807, 2.05) is 51.1 Å². The van der Waals surface area contributed by atoms with Crippen molar-refractivity contribution in [2.75, 3.05) is 30.3 Å². The maximum absolute atomic E-state index is 12.2. The molecule has 0 saturated carbocycles. The van der Waals surface area contributed by atoms with Crippen molar-refractivity contribution in [3.8, 4) is 5.75 Å². The number of benzene rings is 2. The van der Waals surface area contributed by atoms with E-state index in [-0.39, 0.29) is 19.0 Å². The first kappa shape index (κ1) is 20.8. The van der Waals surface area contributed by atoms with Gasteiger partial charge >= 0.3 is 0 Å². The molecule has 2 aromatic carbocycles. The van der Waals surface area contributed by atoms with Crippen LogP contribution in [-0.4, -0.2) is 40.3 Å². The van der Waals surface area contributed by atoms with Gasteiger partial charge in [-0.1, -0.05) is 24.3 Å². The predicted octanol–water partition coefficient (Wildman–Crippen LogP) is 2.57. The summed E-state index contributed by atoms with van der Waals surface area (Å²) < 4.78 is 31.0. The molecule has 0 aliphatic rings. The number of rotatable bonds is 8. The summed E-state index contributed by atoms with van der Waals surface area (Å²) in [6.45, 7) is 6.12. The maximum Gasteiger partial charge on any atom is 0.240 e. The number of sulfonamides is 1. The number of para-hydroxylation sites is 1. The van der Waals surface area contributed by atoms with Gasteiger partial charge in [0.25, 0.3) is 0 Å². The van der Waals surface area contributed by atoms with Crippen LogP contribution in [-0.2, 0) is 14.8 Å². The summed E-state index contributed by atoms with van der Waals surface area (Å²) in [6.07, 6.45) is 1.09. The molecule has 0 bridgehead atoms. The van der Waals surface area contributed by atoms with Crippen molar-refractivity contribution in [1.82, 2.24) is 5.32 Å². The van der Waals surface area contributed by atoms with Crippen molar-refractivity contribution >= 4 is 21.6 Å². The molecule has 0 atom stereocenters. The first-order valence-corrected chi connectivity index (χ1v) is 10.5. The Bertz CT molecular complexity index is 910. The fourth-order valence-corrected chi connectivity index (χ4v) is 3.39. The molecule has 2 aromatic rings. The number of nitrogens with zero attached hydrogens (tertiary/aromatic N) is 1. The maximum atomic E-state index is 12.2. The van der Waals surface area contributed by atoms with E-state index in [1.165, 1.54) is 0 Å². The van der Waals surface area contributed by atoms with Crippen molar-refractivity contribution in [3.63, 3.8) is 0 Å². The van der Waals surface area contributed by atoms with E-state index < -0.39 is 10.0 Å². The molecule has 0 heterocycles. The Morgan fingerprint density at radius 2 is 1.74 bits per heavy atom. The van der Waals surface area contributed by atoms with Crippen LogP contribution >= 0.6 is 0 Å². The molecular formula is C20H26N2O4S. The van der Waals surface area contributed by atoms with Crippen LogP contribution in [0.3, 0.4) is 0 Å². The molecule has 0 saturated heterocycles. The third kappa shape index (κ3) is 5.99. The van der Waals surface area contributed by atoms with Crippen molar-refractivity contribution < 1.29 is 17.9 Å². The van der Waals surface area contributed by atoms with Crippen LogP contribution in [0.1, 0.15) is 16.7 Å². The lowest BCUT2D eigenvalue weighted by Crippen LogP contribution is -2.41. The van der Waals surface area contributed by atoms with Crippen LogP contribution in [0.25, 0.3) is 0 Å². The SMILES string of the molecule is Cc1ccc(N(CC(=O)NCCOc2ccccc2C)S(C)(=O)=O)cc1C. The number of ether oxygens (including phenoxy) is 1. The molecule has 0 aromatic heterocycles. The summed E-state index contributed by atoms with van der Waals surface area (Å²) >= 11 is 0. The molecule has 6 nitrogen and oxygen atoms in total. The lowest BCUT2D eigenvalue weighted by atomic mass is 10.1. The van der Waals surface area contributed by atoms with Crippen LogP contribution in [0, 0.1) is 20.8 Å². The summed E-state index contributed by atoms with van der Waals surface area (Å²) in [5.74, 6) is 0.381. The minimum atomic E-state index is -3.58. The van der Waals surface area contributed by atoms with Crippen LogP contribution in [0.5, 0.6) is 5.75 Å². The zero-order valence-electron chi connectivity index (χ0n) is 16.2. The van der Waals surface area contributed by atoms with Crippen LogP contribution < -0.4 is 14.4 Å². The predicted molar refractivity (Wildman–Crippen MR) is 108 cm³/mol. The Hall–Kier alpha value is -2.54. The van der Waals surface area contributed by atoms with Gasteiger partial charge in [-0.05, 0) is 55.7 Å². The number of carbonyl (C=O) groups excluding carboxylic acids is 1. The highest BCUT2D eigenvalue weighted by Crippen LogP contribution is 2.21. The first-order valence-electron chi connectivity index (χ1n) is 8.68. The van der Waals surface area contributed by atoms with E-state index >= 15 is 0 Å². The van der Waals surface area contributed by atoms with Crippen LogP contribution in [0.2, 0.25) is 0 Å². The molecule has 0 unspecified atom stereocenters. The molecule has 0 aliphatic carbocycles. The van der Waals surface area contributed by atoms with Gasteiger partial charge < -0.3 is 10.1 Å². The van der Waals surface area contributed by atoms with Crippen molar-refractivity contribution in [1.29, 1.82) is 0 Å². The lowest BCUT2D eigenvalue weighted by molar-refractivity contribution is -0.119. The van der Waals surface area contributed by atoms with Crippen LogP contribution in [0.15, 0.2) is 42.5 Å². The molecule has 146 valence electrons. The zero-order valence-corrected chi connectivity index (χ0v) is 17.0. The topological polar surface area (TPSA) is 75.7 Å². The Kier molecular flexibility index (Phi) is 6.85. The van der Waals surface area contributed by atoms with Crippen molar-refractivity contribution in [2.24, 2.45) is 0 Å². The highest BCUT2D eigenvalue weighted by atomic mass is 32.2. The minimum absolute atomic E-state index is 0.272. The van der Waals surface area contributed by atoms with Gasteiger partial charge in [0.1, 0.15) is 18.9 Å². The number of amides is 1. The summed E-state index contributed by atoms with van der Waals surface area (Å²) in [7, 11) is -3.58. The number of hydrogen-bond donors (Lipinski definition) is 1. The van der Waals surface area contributed by atoms with Gasteiger partial charge in [-0.15, -0.1) is 0 Å². The van der Waals surface area contributed by atoms with E-state index in [2.05, 4.69) is 5.32 Å². The third-order valence-electron chi connectivity index (χ3n) is 4.24. The number of hydrogen-bond acceptors (Lipinski definition) is 4. The monoisotopic (exact) mass is 390 g/mol. The fraction of sp³-hybridized carbons (Fsp3) is 0.350. The molecule has 0 fully saturated rings. The average molecular weight is 391 g/mol. The molecule has 27 heavy (non-hydrogen) atoms. The summed E-state index contributed by atoms with van der Waals surface area (Å²) in [6, 6.07) is 12.9. The largest absolute Gasteiger partial charge is 0.491 e. The summed E-state index contributed by atoms with van der Waals surface area (Å²) in [4.78, 5) is 12.2. The molecule has 1 N–H and O–H groups in total. The second-order valence-electron chi connectivity index (χ2n) is 6.50. The molecule has 0 spiro atoms. The second-order valence-corrected chi connectivity index (χ2v) is 8.41. The van der Waals surface area contributed by atoms with Gasteiger partial charge in [0.05, 0.1) is 18.5 Å². The first-order chi connectivity index (χ1) is 12.7. The molecule has 0 aliphatic heterocycles. The molecule has 0 radical (unpaired) electrons. The fourth-order valence-electron chi connectivity index (χ4n) is 2.54. The molecule has 7 heteroatoms. The van der Waals surface area contributed by atoms with Gasteiger partial charge in [-0.3, -0.25) is 9.10 Å². The Labute approximate surface area is 161 Å². The number of carbonyl (C=O) groups is 1. The normalized spacial score (nSPS) is 11.1. The number of nitrogens with one attached hydrogen (secondary N) is 1. The Morgan fingerprint density at radius 1 is 1.04 bits per heavy atom. The quantitative estimate of drug-likeness (QED) is 0.703. The molecule has 2 rings (SSSR count). The number of aryl methyl sites for hydroxylation is 3.